The molecule has 1 aromatic rings. The summed E-state index contributed by atoms with van der Waals surface area (Å²) >= 11 is 0. The van der Waals surface area contributed by atoms with E-state index in [0.717, 1.165) is 24.3 Å². The Morgan fingerprint density at radius 2 is 2.00 bits per heavy atom. The number of fused-ring (bicyclic) bond motifs is 1. The zero-order valence-electron chi connectivity index (χ0n) is 10.5. The molecule has 94 valence electrons. The summed E-state index contributed by atoms with van der Waals surface area (Å²) < 4.78 is 11.3. The monoisotopic (exact) mass is 236 g/mol. The van der Waals surface area contributed by atoms with Crippen molar-refractivity contribution in [2.24, 2.45) is 0 Å². The van der Waals surface area contributed by atoms with Crippen molar-refractivity contribution in [3.05, 3.63) is 23.3 Å². The molecule has 0 spiro atoms. The third kappa shape index (κ3) is 2.55. The minimum absolute atomic E-state index is 0.228. The maximum atomic E-state index is 8.94. The maximum absolute atomic E-state index is 8.94. The summed E-state index contributed by atoms with van der Waals surface area (Å²) in [4.78, 5) is 0. The summed E-state index contributed by atoms with van der Waals surface area (Å²) in [6.45, 7) is 5.80. The number of hydrogen-bond acceptors (Lipinski definition) is 3. The lowest BCUT2D eigenvalue weighted by Crippen LogP contribution is -2.17. The van der Waals surface area contributed by atoms with Gasteiger partial charge in [-0.3, -0.25) is 0 Å². The molecule has 0 amide bonds. The molecule has 0 fully saturated rings. The first-order valence-corrected chi connectivity index (χ1v) is 6.26. The quantitative estimate of drug-likeness (QED) is 0.873. The van der Waals surface area contributed by atoms with Crippen molar-refractivity contribution in [1.29, 1.82) is 0 Å². The van der Waals surface area contributed by atoms with Gasteiger partial charge in [0.05, 0.1) is 0 Å². The van der Waals surface area contributed by atoms with Gasteiger partial charge in [0.15, 0.2) is 11.5 Å². The Hall–Kier alpha value is -1.22. The van der Waals surface area contributed by atoms with Gasteiger partial charge >= 0.3 is 0 Å². The largest absolute Gasteiger partial charge is 0.486 e. The number of benzene rings is 1. The number of aliphatic hydroxyl groups is 1. The highest BCUT2D eigenvalue weighted by Crippen LogP contribution is 2.40. The molecule has 0 unspecified atom stereocenters. The van der Waals surface area contributed by atoms with Gasteiger partial charge in [-0.2, -0.15) is 0 Å². The van der Waals surface area contributed by atoms with Crippen LogP contribution in [0.5, 0.6) is 11.5 Å². The van der Waals surface area contributed by atoms with Crippen LogP contribution in [0.25, 0.3) is 0 Å². The Labute approximate surface area is 102 Å². The highest BCUT2D eigenvalue weighted by Gasteiger charge is 2.20. The standard InChI is InChI=1S/C14H20O3/c1-10(2)13-11(4-3-7-15)5-6-12-14(13)17-9-8-16-12/h5-6,10,15H,3-4,7-9H2,1-2H3. The highest BCUT2D eigenvalue weighted by atomic mass is 16.6. The summed E-state index contributed by atoms with van der Waals surface area (Å²) in [5, 5.41) is 8.94. The second-order valence-corrected chi connectivity index (χ2v) is 4.64. The van der Waals surface area contributed by atoms with Gasteiger partial charge in [0.25, 0.3) is 0 Å². The minimum Gasteiger partial charge on any atom is -0.486 e. The number of rotatable bonds is 4. The first-order chi connectivity index (χ1) is 8.24. The smallest absolute Gasteiger partial charge is 0.165 e. The molecular weight excluding hydrogens is 216 g/mol. The molecule has 2 rings (SSSR count). The molecule has 1 N–H and O–H groups in total. The van der Waals surface area contributed by atoms with Crippen LogP contribution in [0.2, 0.25) is 0 Å². The van der Waals surface area contributed by atoms with E-state index in [4.69, 9.17) is 14.6 Å². The van der Waals surface area contributed by atoms with Crippen LogP contribution >= 0.6 is 0 Å². The molecule has 1 aliphatic heterocycles. The number of aliphatic hydroxyl groups excluding tert-OH is 1. The van der Waals surface area contributed by atoms with Crippen molar-refractivity contribution in [1.82, 2.24) is 0 Å². The molecule has 0 saturated carbocycles. The zero-order valence-corrected chi connectivity index (χ0v) is 10.5. The van der Waals surface area contributed by atoms with E-state index in [9.17, 15) is 0 Å². The van der Waals surface area contributed by atoms with Gasteiger partial charge in [-0.05, 0) is 30.4 Å². The van der Waals surface area contributed by atoms with Gasteiger partial charge in [0, 0.05) is 12.2 Å². The molecule has 3 heteroatoms. The Morgan fingerprint density at radius 3 is 2.71 bits per heavy atom. The van der Waals surface area contributed by atoms with E-state index in [2.05, 4.69) is 19.9 Å². The van der Waals surface area contributed by atoms with Crippen LogP contribution in [-0.4, -0.2) is 24.9 Å². The first kappa shape index (κ1) is 12.2. The fourth-order valence-electron chi connectivity index (χ4n) is 2.30. The molecule has 17 heavy (non-hydrogen) atoms. The molecule has 1 aliphatic rings. The second-order valence-electron chi connectivity index (χ2n) is 4.64. The fourth-order valence-corrected chi connectivity index (χ4v) is 2.30. The average molecular weight is 236 g/mol. The van der Waals surface area contributed by atoms with Gasteiger partial charge in [-0.15, -0.1) is 0 Å². The molecule has 3 nitrogen and oxygen atoms in total. The summed E-state index contributed by atoms with van der Waals surface area (Å²) in [6, 6.07) is 4.07. The van der Waals surface area contributed by atoms with Crippen LogP contribution < -0.4 is 9.47 Å². The number of hydrogen-bond donors (Lipinski definition) is 1. The van der Waals surface area contributed by atoms with E-state index >= 15 is 0 Å². The maximum Gasteiger partial charge on any atom is 0.165 e. The van der Waals surface area contributed by atoms with Gasteiger partial charge < -0.3 is 14.6 Å². The van der Waals surface area contributed by atoms with E-state index in [-0.39, 0.29) is 6.61 Å². The number of aryl methyl sites for hydroxylation is 1. The van der Waals surface area contributed by atoms with Crippen LogP contribution in [0.4, 0.5) is 0 Å². The Kier molecular flexibility index (Phi) is 3.89. The van der Waals surface area contributed by atoms with Crippen molar-refractivity contribution < 1.29 is 14.6 Å². The molecule has 0 bridgehead atoms. The predicted octanol–water partition coefficient (Wildman–Crippen LogP) is 2.51. The van der Waals surface area contributed by atoms with Crippen molar-refractivity contribution in [3.8, 4) is 11.5 Å². The van der Waals surface area contributed by atoms with E-state index in [1.165, 1.54) is 11.1 Å². The molecule has 0 atom stereocenters. The Balaban J connectivity index is 2.38. The summed E-state index contributed by atoms with van der Waals surface area (Å²) in [5.41, 5.74) is 2.49. The lowest BCUT2D eigenvalue weighted by atomic mass is 9.93. The van der Waals surface area contributed by atoms with Crippen LogP contribution in [-0.2, 0) is 6.42 Å². The topological polar surface area (TPSA) is 38.7 Å². The van der Waals surface area contributed by atoms with Crippen LogP contribution in [0, 0.1) is 0 Å². The molecule has 0 radical (unpaired) electrons. The van der Waals surface area contributed by atoms with E-state index in [1.807, 2.05) is 6.07 Å². The zero-order chi connectivity index (χ0) is 12.3. The summed E-state index contributed by atoms with van der Waals surface area (Å²) in [6.07, 6.45) is 1.68. The molecule has 0 saturated heterocycles. The van der Waals surface area contributed by atoms with Crippen molar-refractivity contribution >= 4 is 0 Å². The van der Waals surface area contributed by atoms with E-state index in [1.54, 1.807) is 0 Å². The van der Waals surface area contributed by atoms with Crippen LogP contribution in [0.3, 0.4) is 0 Å². The average Bonchev–Trinajstić information content (AvgIpc) is 2.35. The fraction of sp³-hybridized carbons (Fsp3) is 0.571. The number of ether oxygens (including phenoxy) is 2. The molecule has 1 heterocycles. The lowest BCUT2D eigenvalue weighted by Gasteiger charge is -2.24. The van der Waals surface area contributed by atoms with Gasteiger partial charge in [-0.1, -0.05) is 19.9 Å². The van der Waals surface area contributed by atoms with Crippen LogP contribution in [0.1, 0.15) is 37.3 Å². The third-order valence-corrected chi connectivity index (χ3v) is 3.02. The van der Waals surface area contributed by atoms with Crippen LogP contribution in [0.15, 0.2) is 12.1 Å². The first-order valence-electron chi connectivity index (χ1n) is 6.26. The second kappa shape index (κ2) is 5.41. The molecule has 1 aromatic carbocycles. The molecule has 0 aliphatic carbocycles. The van der Waals surface area contributed by atoms with E-state index in [0.29, 0.717) is 19.1 Å². The predicted molar refractivity (Wildman–Crippen MR) is 66.9 cm³/mol. The Bertz CT molecular complexity index is 385. The minimum atomic E-state index is 0.228. The van der Waals surface area contributed by atoms with Gasteiger partial charge in [-0.25, -0.2) is 0 Å². The lowest BCUT2D eigenvalue weighted by molar-refractivity contribution is 0.169. The summed E-state index contributed by atoms with van der Waals surface area (Å²) in [5.74, 6) is 2.16. The van der Waals surface area contributed by atoms with Gasteiger partial charge in [0.2, 0.25) is 0 Å². The SMILES string of the molecule is CC(C)c1c(CCCO)ccc2c1OCCO2. The van der Waals surface area contributed by atoms with Crippen molar-refractivity contribution in [3.63, 3.8) is 0 Å². The molecule has 0 aromatic heterocycles. The van der Waals surface area contributed by atoms with Gasteiger partial charge in [0.1, 0.15) is 13.2 Å². The molecular formula is C14H20O3. The highest BCUT2D eigenvalue weighted by molar-refractivity contribution is 5.53. The van der Waals surface area contributed by atoms with E-state index < -0.39 is 0 Å². The summed E-state index contributed by atoms with van der Waals surface area (Å²) in [7, 11) is 0. The Morgan fingerprint density at radius 1 is 1.24 bits per heavy atom. The normalized spacial score (nSPS) is 14.1. The van der Waals surface area contributed by atoms with Crippen molar-refractivity contribution in [2.45, 2.75) is 32.6 Å². The van der Waals surface area contributed by atoms with Crippen molar-refractivity contribution in [2.75, 3.05) is 19.8 Å². The third-order valence-electron chi connectivity index (χ3n) is 3.02.